The van der Waals surface area contributed by atoms with Gasteiger partial charge in [0.15, 0.2) is 0 Å². The van der Waals surface area contributed by atoms with Crippen molar-refractivity contribution in [3.63, 3.8) is 0 Å². The van der Waals surface area contributed by atoms with E-state index in [-0.39, 0.29) is 12.1 Å². The largest absolute Gasteiger partial charge is 0.290 e. The normalized spacial score (nSPS) is 13.3. The number of benzene rings is 2. The molecule has 0 N–H and O–H groups in total. The minimum absolute atomic E-state index is 0.0519. The molecule has 0 bridgehead atoms. The Kier molecular flexibility index (Phi) is 8.88. The number of nitrogens with zero attached hydrogens (tertiary/aromatic N) is 1. The van der Waals surface area contributed by atoms with Gasteiger partial charge in [0.25, 0.3) is 0 Å². The van der Waals surface area contributed by atoms with Crippen LogP contribution >= 0.6 is 0 Å². The maximum atomic E-state index is 6.56. The first kappa shape index (κ1) is 20.2. The lowest BCUT2D eigenvalue weighted by Gasteiger charge is -2.34. The van der Waals surface area contributed by atoms with Gasteiger partial charge in [0.1, 0.15) is 6.10 Å². The average Bonchev–Trinajstić information content (AvgIpc) is 2.69. The van der Waals surface area contributed by atoms with Crippen LogP contribution in [0, 0.1) is 0 Å². The molecule has 2 rings (SSSR count). The smallest absolute Gasteiger partial charge is 0.104 e. The van der Waals surface area contributed by atoms with Gasteiger partial charge < -0.3 is 0 Å². The van der Waals surface area contributed by atoms with Crippen LogP contribution in [0.2, 0.25) is 0 Å². The SMILES string of the molecule is C=CCCC(c1ccccc1)N(CC=C)OC(CCC)c1ccccc1. The minimum atomic E-state index is 0.0519. The molecule has 2 aromatic carbocycles. The molecule has 0 aliphatic heterocycles. The molecule has 2 aromatic rings. The van der Waals surface area contributed by atoms with Crippen molar-refractivity contribution in [2.45, 2.75) is 44.8 Å². The zero-order valence-electron chi connectivity index (χ0n) is 15.9. The van der Waals surface area contributed by atoms with Crippen LogP contribution in [-0.2, 0) is 4.84 Å². The van der Waals surface area contributed by atoms with Gasteiger partial charge in [-0.1, -0.05) is 86.2 Å². The van der Waals surface area contributed by atoms with Crippen molar-refractivity contribution >= 4 is 0 Å². The summed E-state index contributed by atoms with van der Waals surface area (Å²) in [5, 5.41) is 2.10. The molecular weight excluding hydrogens is 318 g/mol. The van der Waals surface area contributed by atoms with E-state index in [0.29, 0.717) is 6.54 Å². The molecule has 0 aliphatic rings. The number of hydrogen-bond acceptors (Lipinski definition) is 2. The van der Waals surface area contributed by atoms with E-state index in [9.17, 15) is 0 Å². The molecular formula is C24H31NO. The standard InChI is InChI=1S/C24H31NO/c1-4-7-19-23(21-15-10-8-11-16-21)25(20-6-3)26-24(14-5-2)22-17-12-9-13-18-22/h4,6,8-13,15-18,23-24H,1,3,5,7,14,19-20H2,2H3. The van der Waals surface area contributed by atoms with Gasteiger partial charge in [-0.25, -0.2) is 0 Å². The minimum Gasteiger partial charge on any atom is -0.290 e. The Morgan fingerprint density at radius 3 is 2.04 bits per heavy atom. The zero-order valence-corrected chi connectivity index (χ0v) is 15.9. The first-order valence-corrected chi connectivity index (χ1v) is 9.55. The molecule has 2 atom stereocenters. The van der Waals surface area contributed by atoms with Crippen LogP contribution in [0.1, 0.15) is 55.9 Å². The van der Waals surface area contributed by atoms with Crippen molar-refractivity contribution in [2.24, 2.45) is 0 Å². The Morgan fingerprint density at radius 2 is 1.50 bits per heavy atom. The predicted octanol–water partition coefficient (Wildman–Crippen LogP) is 6.65. The molecule has 138 valence electrons. The van der Waals surface area contributed by atoms with E-state index >= 15 is 0 Å². The summed E-state index contributed by atoms with van der Waals surface area (Å²) < 4.78 is 0. The lowest BCUT2D eigenvalue weighted by Crippen LogP contribution is -2.31. The Bertz CT molecular complexity index is 638. The van der Waals surface area contributed by atoms with Crippen molar-refractivity contribution in [3.05, 3.63) is 97.1 Å². The topological polar surface area (TPSA) is 12.5 Å². The van der Waals surface area contributed by atoms with Crippen LogP contribution < -0.4 is 0 Å². The van der Waals surface area contributed by atoms with Crippen molar-refractivity contribution in [1.82, 2.24) is 5.06 Å². The van der Waals surface area contributed by atoms with Crippen molar-refractivity contribution in [1.29, 1.82) is 0 Å². The third-order valence-corrected chi connectivity index (χ3v) is 4.47. The molecule has 0 fully saturated rings. The van der Waals surface area contributed by atoms with Crippen molar-refractivity contribution < 1.29 is 4.84 Å². The monoisotopic (exact) mass is 349 g/mol. The molecule has 2 unspecified atom stereocenters. The van der Waals surface area contributed by atoms with Crippen molar-refractivity contribution in [3.8, 4) is 0 Å². The van der Waals surface area contributed by atoms with Gasteiger partial charge in [0.2, 0.25) is 0 Å². The molecule has 0 heterocycles. The second kappa shape index (κ2) is 11.5. The third kappa shape index (κ3) is 5.98. The second-order valence-electron chi connectivity index (χ2n) is 6.47. The number of allylic oxidation sites excluding steroid dienone is 1. The van der Waals surface area contributed by atoms with Gasteiger partial charge in [0, 0.05) is 6.54 Å². The fourth-order valence-corrected chi connectivity index (χ4v) is 3.17. The van der Waals surface area contributed by atoms with Crippen LogP contribution in [0.25, 0.3) is 0 Å². The van der Waals surface area contributed by atoms with Gasteiger partial charge in [0.05, 0.1) is 6.04 Å². The first-order chi connectivity index (χ1) is 12.8. The summed E-state index contributed by atoms with van der Waals surface area (Å²) in [7, 11) is 0. The van der Waals surface area contributed by atoms with Gasteiger partial charge in [-0.15, -0.1) is 13.2 Å². The highest BCUT2D eigenvalue weighted by Crippen LogP contribution is 2.31. The molecule has 26 heavy (non-hydrogen) atoms. The summed E-state index contributed by atoms with van der Waals surface area (Å²) >= 11 is 0. The summed E-state index contributed by atoms with van der Waals surface area (Å²) in [6.07, 6.45) is 7.91. The van der Waals surface area contributed by atoms with Crippen LogP contribution in [0.15, 0.2) is 86.0 Å². The van der Waals surface area contributed by atoms with E-state index < -0.39 is 0 Å². The molecule has 0 amide bonds. The zero-order chi connectivity index (χ0) is 18.6. The highest BCUT2D eigenvalue weighted by Gasteiger charge is 2.24. The Balaban J connectivity index is 2.27. The summed E-state index contributed by atoms with van der Waals surface area (Å²) in [5.74, 6) is 0. The fraction of sp³-hybridized carbons (Fsp3) is 0.333. The molecule has 0 saturated heterocycles. The summed E-state index contributed by atoms with van der Waals surface area (Å²) in [6, 6.07) is 21.2. The highest BCUT2D eigenvalue weighted by atomic mass is 16.7. The Morgan fingerprint density at radius 1 is 0.885 bits per heavy atom. The van der Waals surface area contributed by atoms with Gasteiger partial charge >= 0.3 is 0 Å². The number of hydrogen-bond donors (Lipinski definition) is 0. The Hall–Kier alpha value is -2.16. The summed E-state index contributed by atoms with van der Waals surface area (Å²) in [6.45, 7) is 10.7. The van der Waals surface area contributed by atoms with E-state index in [0.717, 1.165) is 25.7 Å². The molecule has 0 radical (unpaired) electrons. The van der Waals surface area contributed by atoms with Crippen molar-refractivity contribution in [2.75, 3.05) is 6.54 Å². The molecule has 2 nitrogen and oxygen atoms in total. The first-order valence-electron chi connectivity index (χ1n) is 9.55. The van der Waals surface area contributed by atoms with E-state index in [2.05, 4.69) is 79.7 Å². The maximum absolute atomic E-state index is 6.56. The van der Waals surface area contributed by atoms with E-state index in [4.69, 9.17) is 4.84 Å². The predicted molar refractivity (Wildman–Crippen MR) is 111 cm³/mol. The lowest BCUT2D eigenvalue weighted by atomic mass is 10.0. The van der Waals surface area contributed by atoms with Gasteiger partial charge in [-0.05, 0) is 30.4 Å². The van der Waals surface area contributed by atoms with Crippen LogP contribution in [0.3, 0.4) is 0 Å². The van der Waals surface area contributed by atoms with Gasteiger partial charge in [-0.3, -0.25) is 4.84 Å². The number of hydroxylamine groups is 2. The average molecular weight is 350 g/mol. The quantitative estimate of drug-likeness (QED) is 0.314. The van der Waals surface area contributed by atoms with E-state index in [1.54, 1.807) is 0 Å². The van der Waals surface area contributed by atoms with Crippen LogP contribution in [0.5, 0.6) is 0 Å². The second-order valence-corrected chi connectivity index (χ2v) is 6.47. The maximum Gasteiger partial charge on any atom is 0.104 e. The molecule has 0 aliphatic carbocycles. The lowest BCUT2D eigenvalue weighted by molar-refractivity contribution is -0.223. The third-order valence-electron chi connectivity index (χ3n) is 4.47. The summed E-state index contributed by atoms with van der Waals surface area (Å²) in [4.78, 5) is 6.56. The Labute approximate surface area is 158 Å². The van der Waals surface area contributed by atoms with Gasteiger partial charge in [-0.2, -0.15) is 5.06 Å². The fourth-order valence-electron chi connectivity index (χ4n) is 3.17. The highest BCUT2D eigenvalue weighted by molar-refractivity contribution is 5.20. The molecule has 0 saturated carbocycles. The molecule has 2 heteroatoms. The van der Waals surface area contributed by atoms with Crippen LogP contribution in [0.4, 0.5) is 0 Å². The molecule has 0 spiro atoms. The number of rotatable bonds is 12. The van der Waals surface area contributed by atoms with Crippen LogP contribution in [-0.4, -0.2) is 11.6 Å². The summed E-state index contributed by atoms with van der Waals surface area (Å²) in [5.41, 5.74) is 2.48. The molecule has 0 aromatic heterocycles. The van der Waals surface area contributed by atoms with E-state index in [1.807, 2.05) is 18.2 Å². The van der Waals surface area contributed by atoms with E-state index in [1.165, 1.54) is 11.1 Å².